The Labute approximate surface area is 229 Å². The minimum Gasteiger partial charge on any atom is -0.256 e. The minimum atomic E-state index is 0.743. The number of thiophene rings is 1. The van der Waals surface area contributed by atoms with Crippen molar-refractivity contribution in [3.05, 3.63) is 128 Å². The Bertz CT molecular complexity index is 2170. The van der Waals surface area contributed by atoms with Crippen LogP contribution >= 0.6 is 11.3 Å². The number of hydrogen-bond donors (Lipinski definition) is 0. The predicted octanol–water partition coefficient (Wildman–Crippen LogP) is 9.55. The maximum Gasteiger partial charge on any atom is 0.160 e. The molecule has 3 heterocycles. The second-order valence-corrected chi connectivity index (χ2v) is 10.7. The first-order valence-corrected chi connectivity index (χ1v) is 13.8. The fraction of sp³-hybridized carbons (Fsp3) is 0. The smallest absolute Gasteiger partial charge is 0.160 e. The van der Waals surface area contributed by atoms with E-state index >= 15 is 0 Å². The van der Waals surface area contributed by atoms with E-state index in [1.165, 1.54) is 21.0 Å². The van der Waals surface area contributed by atoms with Gasteiger partial charge in [0, 0.05) is 38.2 Å². The lowest BCUT2D eigenvalue weighted by Crippen LogP contribution is -1.93. The standard InChI is InChI=1S/C35H21N3S/c1-3-9-23(10-4-1)32-34-33(38-35(37-32)25-11-5-2-6-12-25)28-21-26(18-19-29(28)39-34)27-15-7-13-22-16-17-24-14-8-20-36-31(24)30(22)27/h1-21H. The predicted molar refractivity (Wildman–Crippen MR) is 164 cm³/mol. The third-order valence-corrected chi connectivity index (χ3v) is 8.48. The summed E-state index contributed by atoms with van der Waals surface area (Å²) in [6.07, 6.45) is 1.88. The number of benzene rings is 5. The second kappa shape index (κ2) is 8.83. The highest BCUT2D eigenvalue weighted by Crippen LogP contribution is 2.42. The van der Waals surface area contributed by atoms with Crippen molar-refractivity contribution in [2.24, 2.45) is 0 Å². The lowest BCUT2D eigenvalue weighted by atomic mass is 9.95. The van der Waals surface area contributed by atoms with E-state index in [1.54, 1.807) is 11.3 Å². The molecule has 3 nitrogen and oxygen atoms in total. The van der Waals surface area contributed by atoms with Crippen LogP contribution in [0.15, 0.2) is 128 Å². The van der Waals surface area contributed by atoms with E-state index in [2.05, 4.69) is 91.0 Å². The minimum absolute atomic E-state index is 0.743. The number of rotatable bonds is 3. The molecule has 0 saturated heterocycles. The summed E-state index contributed by atoms with van der Waals surface area (Å²) >= 11 is 1.76. The van der Waals surface area contributed by atoms with Gasteiger partial charge in [0.05, 0.1) is 21.4 Å². The largest absolute Gasteiger partial charge is 0.256 e. The molecule has 0 spiro atoms. The van der Waals surface area contributed by atoms with Crippen LogP contribution in [0.4, 0.5) is 0 Å². The van der Waals surface area contributed by atoms with Gasteiger partial charge in [0.1, 0.15) is 0 Å². The summed E-state index contributed by atoms with van der Waals surface area (Å²) in [6.45, 7) is 0. The van der Waals surface area contributed by atoms with Crippen molar-refractivity contribution < 1.29 is 0 Å². The van der Waals surface area contributed by atoms with Crippen molar-refractivity contribution in [1.29, 1.82) is 0 Å². The maximum absolute atomic E-state index is 5.15. The molecule has 0 unspecified atom stereocenters. The van der Waals surface area contributed by atoms with E-state index in [-0.39, 0.29) is 0 Å². The first kappa shape index (κ1) is 22.1. The van der Waals surface area contributed by atoms with Gasteiger partial charge in [-0.05, 0) is 34.7 Å². The molecule has 0 atom stereocenters. The van der Waals surface area contributed by atoms with Crippen molar-refractivity contribution in [3.63, 3.8) is 0 Å². The third kappa shape index (κ3) is 3.61. The normalized spacial score (nSPS) is 11.6. The van der Waals surface area contributed by atoms with Gasteiger partial charge >= 0.3 is 0 Å². The Morgan fingerprint density at radius 1 is 0.538 bits per heavy atom. The van der Waals surface area contributed by atoms with Crippen LogP contribution in [-0.2, 0) is 0 Å². The molecular weight excluding hydrogens is 494 g/mol. The molecular formula is C35H21N3S. The summed E-state index contributed by atoms with van der Waals surface area (Å²) in [5.74, 6) is 0.743. The molecule has 0 amide bonds. The molecule has 3 aromatic heterocycles. The van der Waals surface area contributed by atoms with Crippen molar-refractivity contribution in [3.8, 4) is 33.8 Å². The zero-order chi connectivity index (χ0) is 25.8. The van der Waals surface area contributed by atoms with Crippen molar-refractivity contribution >= 4 is 53.3 Å². The molecule has 0 radical (unpaired) electrons. The third-order valence-electron chi connectivity index (χ3n) is 7.32. The van der Waals surface area contributed by atoms with Crippen molar-refractivity contribution in [2.75, 3.05) is 0 Å². The maximum atomic E-state index is 5.15. The Balaban J connectivity index is 1.43. The molecule has 182 valence electrons. The zero-order valence-corrected chi connectivity index (χ0v) is 21.7. The van der Waals surface area contributed by atoms with Crippen LogP contribution in [0.2, 0.25) is 0 Å². The number of hydrogen-bond acceptors (Lipinski definition) is 4. The molecule has 0 N–H and O–H groups in total. The molecule has 0 aliphatic carbocycles. The van der Waals surface area contributed by atoms with Gasteiger partial charge in [-0.2, -0.15) is 0 Å². The highest BCUT2D eigenvalue weighted by molar-refractivity contribution is 7.26. The average molecular weight is 516 g/mol. The molecule has 4 heteroatoms. The fourth-order valence-electron chi connectivity index (χ4n) is 5.47. The van der Waals surface area contributed by atoms with Gasteiger partial charge in [0.25, 0.3) is 0 Å². The van der Waals surface area contributed by atoms with E-state index in [0.29, 0.717) is 0 Å². The Hall–Kier alpha value is -4.93. The van der Waals surface area contributed by atoms with E-state index in [4.69, 9.17) is 15.0 Å². The quantitative estimate of drug-likeness (QED) is 0.220. The van der Waals surface area contributed by atoms with Crippen LogP contribution in [-0.4, -0.2) is 15.0 Å². The first-order chi connectivity index (χ1) is 19.3. The topological polar surface area (TPSA) is 38.7 Å². The summed E-state index contributed by atoms with van der Waals surface area (Å²) in [6, 6.07) is 42.4. The van der Waals surface area contributed by atoms with Crippen LogP contribution in [0, 0.1) is 0 Å². The zero-order valence-electron chi connectivity index (χ0n) is 20.9. The van der Waals surface area contributed by atoms with Gasteiger partial charge in [-0.25, -0.2) is 9.97 Å². The summed E-state index contributed by atoms with van der Waals surface area (Å²) in [4.78, 5) is 15.0. The van der Waals surface area contributed by atoms with Crippen LogP contribution < -0.4 is 0 Å². The van der Waals surface area contributed by atoms with Crippen LogP contribution in [0.1, 0.15) is 0 Å². The molecule has 0 bridgehead atoms. The first-order valence-electron chi connectivity index (χ1n) is 13.0. The summed E-state index contributed by atoms with van der Waals surface area (Å²) < 4.78 is 2.31. The SMILES string of the molecule is c1ccc(-c2nc(-c3ccccc3)c3sc4ccc(-c5cccc6ccc7cccnc7c56)cc4c3n2)cc1. The van der Waals surface area contributed by atoms with E-state index < -0.39 is 0 Å². The Kier molecular flexibility index (Phi) is 5.00. The van der Waals surface area contributed by atoms with Gasteiger partial charge in [0.15, 0.2) is 5.82 Å². The highest BCUT2D eigenvalue weighted by atomic mass is 32.1. The molecule has 0 fully saturated rings. The van der Waals surface area contributed by atoms with Crippen molar-refractivity contribution in [2.45, 2.75) is 0 Å². The molecule has 0 aliphatic heterocycles. The number of pyridine rings is 1. The monoisotopic (exact) mass is 515 g/mol. The van der Waals surface area contributed by atoms with Gasteiger partial charge in [-0.1, -0.05) is 103 Å². The molecule has 0 saturated carbocycles. The van der Waals surface area contributed by atoms with Gasteiger partial charge < -0.3 is 0 Å². The molecule has 5 aromatic carbocycles. The highest BCUT2D eigenvalue weighted by Gasteiger charge is 2.18. The molecule has 8 aromatic rings. The average Bonchev–Trinajstić information content (AvgIpc) is 3.39. The van der Waals surface area contributed by atoms with Crippen LogP contribution in [0.25, 0.3) is 75.8 Å². The number of fused-ring (bicyclic) bond motifs is 6. The number of nitrogens with zero attached hydrogens (tertiary/aromatic N) is 3. The van der Waals surface area contributed by atoms with E-state index in [9.17, 15) is 0 Å². The fourth-order valence-corrected chi connectivity index (χ4v) is 6.61. The van der Waals surface area contributed by atoms with Gasteiger partial charge in [-0.3, -0.25) is 4.98 Å². The van der Waals surface area contributed by atoms with E-state index in [1.807, 2.05) is 36.5 Å². The van der Waals surface area contributed by atoms with E-state index in [0.717, 1.165) is 54.7 Å². The number of aromatic nitrogens is 3. The van der Waals surface area contributed by atoms with Gasteiger partial charge in [-0.15, -0.1) is 11.3 Å². The van der Waals surface area contributed by atoms with Crippen LogP contribution in [0.5, 0.6) is 0 Å². The summed E-state index contributed by atoms with van der Waals surface area (Å²) in [5.41, 5.74) is 7.45. The summed E-state index contributed by atoms with van der Waals surface area (Å²) in [5, 5.41) is 4.66. The second-order valence-electron chi connectivity index (χ2n) is 9.66. The van der Waals surface area contributed by atoms with Crippen LogP contribution in [0.3, 0.4) is 0 Å². The Morgan fingerprint density at radius 2 is 1.31 bits per heavy atom. The Morgan fingerprint density at radius 3 is 2.15 bits per heavy atom. The van der Waals surface area contributed by atoms with Gasteiger partial charge in [0.2, 0.25) is 0 Å². The molecule has 8 rings (SSSR count). The summed E-state index contributed by atoms with van der Waals surface area (Å²) in [7, 11) is 0. The lowest BCUT2D eigenvalue weighted by Gasteiger charge is -2.10. The molecule has 39 heavy (non-hydrogen) atoms. The lowest BCUT2D eigenvalue weighted by molar-refractivity contribution is 1.24. The molecule has 0 aliphatic rings. The van der Waals surface area contributed by atoms with Crippen molar-refractivity contribution in [1.82, 2.24) is 15.0 Å².